The summed E-state index contributed by atoms with van der Waals surface area (Å²) in [6.07, 6.45) is 6.95. The number of nitro groups is 2. The summed E-state index contributed by atoms with van der Waals surface area (Å²) in [5.74, 6) is -1.25. The van der Waals surface area contributed by atoms with Crippen molar-refractivity contribution >= 4 is 55.7 Å². The molecule has 0 unspecified atom stereocenters. The topological polar surface area (TPSA) is 229 Å². The van der Waals surface area contributed by atoms with E-state index in [1.165, 1.54) is 22.9 Å². The van der Waals surface area contributed by atoms with Crippen LogP contribution in [-0.2, 0) is 26.4 Å². The number of nitrogens with zero attached hydrogens (tertiary/aromatic N) is 8. The van der Waals surface area contributed by atoms with Crippen LogP contribution in [0.15, 0.2) is 79.8 Å². The van der Waals surface area contributed by atoms with Gasteiger partial charge in [-0.25, -0.2) is 0 Å². The molecule has 0 spiro atoms. The van der Waals surface area contributed by atoms with Crippen molar-refractivity contribution in [3.05, 3.63) is 96.2 Å². The fourth-order valence-corrected chi connectivity index (χ4v) is 4.07. The van der Waals surface area contributed by atoms with Gasteiger partial charge in [0, 0.05) is 23.2 Å². The van der Waals surface area contributed by atoms with Crippen molar-refractivity contribution < 1.29 is 46.4 Å². The van der Waals surface area contributed by atoms with Crippen LogP contribution in [0, 0.1) is 27.3 Å². The van der Waals surface area contributed by atoms with Crippen LogP contribution in [0.4, 0.5) is 10.0 Å². The first-order valence-corrected chi connectivity index (χ1v) is 11.9. The van der Waals surface area contributed by atoms with Gasteiger partial charge in [-0.1, -0.05) is 11.3 Å². The van der Waals surface area contributed by atoms with E-state index in [2.05, 4.69) is 32.4 Å². The van der Waals surface area contributed by atoms with E-state index in [9.17, 15) is 40.0 Å². The van der Waals surface area contributed by atoms with Gasteiger partial charge in [0.2, 0.25) is 0 Å². The molecule has 0 aromatic carbocycles. The Morgan fingerprint density at radius 1 is 0.850 bits per heavy atom. The number of allylic oxidation sites excluding steroid dienone is 6. The molecule has 209 valence electrons. The Balaban J connectivity index is 0.000000274. The molecule has 0 amide bonds. The van der Waals surface area contributed by atoms with Gasteiger partial charge in [-0.2, -0.15) is 10.2 Å². The van der Waals surface area contributed by atoms with Gasteiger partial charge in [0.25, 0.3) is 5.00 Å². The number of carbonyl (C=O) groups excluding carboxylic acids is 2. The molecule has 0 atom stereocenters. The zero-order valence-electron chi connectivity index (χ0n) is 20.2. The number of hydrogen-bond acceptors (Lipinski definition) is 14. The molecule has 0 saturated heterocycles. The Bertz CT molecular complexity index is 1670. The molecular formula is C21H16CoN8O8S2. The van der Waals surface area contributed by atoms with E-state index in [4.69, 9.17) is 0 Å². The number of hydrogen-bond donors (Lipinski definition) is 2. The van der Waals surface area contributed by atoms with Crippen molar-refractivity contribution in [1.29, 1.82) is 0 Å². The van der Waals surface area contributed by atoms with Gasteiger partial charge in [0.15, 0.2) is 11.6 Å². The summed E-state index contributed by atoms with van der Waals surface area (Å²) in [7, 11) is 3.55. The van der Waals surface area contributed by atoms with E-state index in [1.54, 1.807) is 13.8 Å². The zero-order valence-corrected chi connectivity index (χ0v) is 22.9. The van der Waals surface area contributed by atoms with Crippen molar-refractivity contribution in [2.75, 3.05) is 0 Å². The second kappa shape index (κ2) is 13.4. The average molecular weight is 631 g/mol. The minimum Gasteiger partial charge on any atom is -0.506 e. The second-order valence-corrected chi connectivity index (χ2v) is 9.41. The van der Waals surface area contributed by atoms with E-state index in [0.29, 0.717) is 11.1 Å². The Morgan fingerprint density at radius 2 is 1.35 bits per heavy atom. The maximum absolute atomic E-state index is 11.2. The van der Waals surface area contributed by atoms with Gasteiger partial charge in [0.05, 0.1) is 9.85 Å². The first-order valence-electron chi connectivity index (χ1n) is 10.3. The molecule has 16 nitrogen and oxygen atoms in total. The SMILES string of the molecule is CC1=CC(=O)C=C(O)/C1=N/N=c1\[n-]cc([N+](=O)[O-])s1.[CH2-]n1cc([N+](=O)[O-])s/c1=N/N=C1\C(C)=CC(=O)C=C1O.[Co+2]. The standard InChI is InChI=1S/C11H9N4O4S.C10H8N4O4S.Co/c1-6-3-7(16)4-8(17)10(6)12-13-11-14(2)5-9(20-11)15(18)19;1-5-2-6(15)3-7(16)9(5)12-13-10-11-4-8(19-10)14(17)18;/h3-5,17H,2H2,1H3;2-4H,1H3,(H2,11,13,15,16);/q-1;;+2/p-1/b12-10+,13-11+;;. The molecule has 2 N–H and O–H groups in total. The fraction of sp³-hybridized carbons (Fsp3) is 0.0952. The van der Waals surface area contributed by atoms with Crippen molar-refractivity contribution in [1.82, 2.24) is 9.55 Å². The third kappa shape index (κ3) is 7.89. The molecule has 2 aromatic heterocycles. The first kappa shape index (κ1) is 31.5. The van der Waals surface area contributed by atoms with Crippen molar-refractivity contribution in [2.24, 2.45) is 20.4 Å². The Morgan fingerprint density at radius 3 is 1.77 bits per heavy atom. The van der Waals surface area contributed by atoms with E-state index < -0.39 is 9.85 Å². The maximum atomic E-state index is 11.2. The van der Waals surface area contributed by atoms with Gasteiger partial charge >= 0.3 is 21.8 Å². The molecule has 0 fully saturated rings. The molecular weight excluding hydrogens is 615 g/mol. The zero-order chi connectivity index (χ0) is 28.9. The summed E-state index contributed by atoms with van der Waals surface area (Å²) in [6.45, 7) is 3.20. The van der Waals surface area contributed by atoms with Crippen LogP contribution < -0.4 is 14.6 Å². The predicted octanol–water partition coefficient (Wildman–Crippen LogP) is 2.16. The largest absolute Gasteiger partial charge is 2.00 e. The van der Waals surface area contributed by atoms with Gasteiger partial charge < -0.3 is 24.9 Å². The van der Waals surface area contributed by atoms with Gasteiger partial charge in [-0.15, -0.1) is 18.4 Å². The van der Waals surface area contributed by atoms with E-state index >= 15 is 0 Å². The third-order valence-corrected chi connectivity index (χ3v) is 6.32. The summed E-state index contributed by atoms with van der Waals surface area (Å²) in [5, 5.41) is 55.1. The number of carbonyl (C=O) groups is 2. The molecule has 40 heavy (non-hydrogen) atoms. The van der Waals surface area contributed by atoms with Crippen LogP contribution in [0.5, 0.6) is 0 Å². The molecule has 19 heteroatoms. The summed E-state index contributed by atoms with van der Waals surface area (Å²) in [5.41, 5.74) is 1.19. The number of aliphatic hydroxyl groups excluding tert-OH is 2. The van der Waals surface area contributed by atoms with Crippen molar-refractivity contribution in [3.63, 3.8) is 0 Å². The molecule has 4 rings (SSSR count). The summed E-state index contributed by atoms with van der Waals surface area (Å²) < 4.78 is 1.21. The normalized spacial score (nSPS) is 17.9. The number of aliphatic hydroxyl groups is 2. The Labute approximate surface area is 241 Å². The molecule has 2 aromatic rings. The number of aromatic nitrogens is 2. The molecule has 1 radical (unpaired) electrons. The Hall–Kier alpha value is -4.72. The van der Waals surface area contributed by atoms with Crippen LogP contribution in [0.3, 0.4) is 0 Å². The minimum atomic E-state index is -0.578. The predicted molar refractivity (Wildman–Crippen MR) is 139 cm³/mol. The number of ketones is 2. The summed E-state index contributed by atoms with van der Waals surface area (Å²) in [4.78, 5) is 46.2. The first-order chi connectivity index (χ1) is 18.3. The van der Waals surface area contributed by atoms with Crippen LogP contribution in [-0.4, -0.2) is 47.6 Å². The van der Waals surface area contributed by atoms with Gasteiger partial charge in [0.1, 0.15) is 27.7 Å². The molecule has 0 aliphatic heterocycles. The van der Waals surface area contributed by atoms with E-state index in [1.807, 2.05) is 0 Å². The van der Waals surface area contributed by atoms with Crippen LogP contribution in [0.2, 0.25) is 0 Å². The van der Waals surface area contributed by atoms with Crippen LogP contribution in [0.25, 0.3) is 0 Å². The maximum Gasteiger partial charge on any atom is 2.00 e. The number of rotatable bonds is 4. The van der Waals surface area contributed by atoms with Crippen molar-refractivity contribution in [2.45, 2.75) is 13.8 Å². The monoisotopic (exact) mass is 631 g/mol. The van der Waals surface area contributed by atoms with Gasteiger partial charge in [-0.05, 0) is 43.3 Å². The quantitative estimate of drug-likeness (QED) is 0.218. The third-order valence-electron chi connectivity index (χ3n) is 4.53. The van der Waals surface area contributed by atoms with E-state index in [-0.39, 0.29) is 70.9 Å². The molecule has 0 bridgehead atoms. The smallest absolute Gasteiger partial charge is 0.506 e. The fourth-order valence-electron chi connectivity index (χ4n) is 2.82. The summed E-state index contributed by atoms with van der Waals surface area (Å²) >= 11 is 1.56. The summed E-state index contributed by atoms with van der Waals surface area (Å²) in [6, 6.07) is 0. The van der Waals surface area contributed by atoms with E-state index in [0.717, 1.165) is 41.0 Å². The second-order valence-electron chi connectivity index (χ2n) is 7.43. The molecule has 2 aliphatic rings. The Kier molecular flexibility index (Phi) is 10.5. The average Bonchev–Trinajstić information content (AvgIpc) is 3.45. The minimum absolute atomic E-state index is 0. The van der Waals surface area contributed by atoms with Crippen molar-refractivity contribution in [3.8, 4) is 0 Å². The van der Waals surface area contributed by atoms with Gasteiger partial charge in [-0.3, -0.25) is 34.9 Å². The van der Waals surface area contributed by atoms with Crippen LogP contribution in [0.1, 0.15) is 13.8 Å². The molecule has 2 aliphatic carbocycles. The molecule has 2 heterocycles. The van der Waals surface area contributed by atoms with Crippen LogP contribution >= 0.6 is 22.7 Å². The molecule has 0 saturated carbocycles. The number of thiazole rings is 2.